The van der Waals surface area contributed by atoms with E-state index >= 15 is 0 Å². The molecule has 1 atom stereocenters. The van der Waals surface area contributed by atoms with Gasteiger partial charge in [-0.3, -0.25) is 9.78 Å². The molecule has 2 saturated heterocycles. The maximum Gasteiger partial charge on any atom is 0.246 e. The van der Waals surface area contributed by atoms with Gasteiger partial charge in [0.2, 0.25) is 15.9 Å². The predicted molar refractivity (Wildman–Crippen MR) is 72.7 cm³/mol. The molecule has 0 radical (unpaired) electrons. The zero-order valence-corrected chi connectivity index (χ0v) is 12.3. The minimum atomic E-state index is -3.65. The number of rotatable bonds is 2. The summed E-state index contributed by atoms with van der Waals surface area (Å²) in [5.74, 6) is 0.117. The lowest BCUT2D eigenvalue weighted by Gasteiger charge is -2.36. The normalized spacial score (nSPS) is 23.9. The average Bonchev–Trinajstić information content (AvgIpc) is 2.80. The van der Waals surface area contributed by atoms with Crippen LogP contribution in [0.2, 0.25) is 5.02 Å². The minimum Gasteiger partial charge on any atom is -0.337 e. The van der Waals surface area contributed by atoms with Crippen LogP contribution in [0.4, 0.5) is 0 Å². The van der Waals surface area contributed by atoms with E-state index in [0.717, 1.165) is 0 Å². The molecular formula is C12H14ClN3O3S. The van der Waals surface area contributed by atoms with Crippen molar-refractivity contribution in [3.8, 4) is 0 Å². The number of aromatic nitrogens is 1. The first kappa shape index (κ1) is 13.8. The number of hydrogen-bond donors (Lipinski definition) is 0. The molecule has 0 spiro atoms. The van der Waals surface area contributed by atoms with E-state index in [1.54, 1.807) is 4.90 Å². The molecule has 108 valence electrons. The Bertz CT molecular complexity index is 649. The number of halogens is 1. The lowest BCUT2D eigenvalue weighted by atomic mass is 10.2. The summed E-state index contributed by atoms with van der Waals surface area (Å²) < 4.78 is 26.6. The van der Waals surface area contributed by atoms with Gasteiger partial charge >= 0.3 is 0 Å². The van der Waals surface area contributed by atoms with E-state index in [1.165, 1.54) is 22.8 Å². The van der Waals surface area contributed by atoms with Crippen molar-refractivity contribution in [3.05, 3.63) is 23.5 Å². The molecule has 1 aromatic heterocycles. The van der Waals surface area contributed by atoms with Crippen LogP contribution < -0.4 is 0 Å². The van der Waals surface area contributed by atoms with Crippen molar-refractivity contribution in [1.82, 2.24) is 14.2 Å². The summed E-state index contributed by atoms with van der Waals surface area (Å²) in [7, 11) is -3.65. The topological polar surface area (TPSA) is 70.6 Å². The van der Waals surface area contributed by atoms with Gasteiger partial charge in [0.1, 0.15) is 4.90 Å². The van der Waals surface area contributed by atoms with Gasteiger partial charge in [-0.2, -0.15) is 4.31 Å². The number of carbonyl (C=O) groups excluding carboxylic acids is 1. The summed E-state index contributed by atoms with van der Waals surface area (Å²) in [6, 6.07) is 1.45. The molecule has 2 fully saturated rings. The Kier molecular flexibility index (Phi) is 3.43. The third-order valence-corrected chi connectivity index (χ3v) is 6.14. The number of sulfonamides is 1. The standard InChI is InChI=1S/C12H14ClN3O3S/c13-10-3-4-14-7-11(10)20(18,19)15-5-6-16-9(8-15)1-2-12(16)17/h3-4,7,9H,1-2,5-6,8H2. The first-order valence-electron chi connectivity index (χ1n) is 6.39. The maximum atomic E-state index is 12.6. The Morgan fingerprint density at radius 3 is 2.90 bits per heavy atom. The molecule has 1 amide bonds. The fourth-order valence-electron chi connectivity index (χ4n) is 2.75. The third-order valence-electron chi connectivity index (χ3n) is 3.81. The van der Waals surface area contributed by atoms with E-state index < -0.39 is 10.0 Å². The molecule has 1 unspecified atom stereocenters. The van der Waals surface area contributed by atoms with Gasteiger partial charge in [-0.15, -0.1) is 0 Å². The van der Waals surface area contributed by atoms with Gasteiger partial charge in [0.25, 0.3) is 0 Å². The number of amides is 1. The van der Waals surface area contributed by atoms with Gasteiger partial charge in [0.05, 0.1) is 5.02 Å². The first-order valence-corrected chi connectivity index (χ1v) is 8.21. The Hall–Kier alpha value is -1.18. The van der Waals surface area contributed by atoms with Crippen LogP contribution in [0.15, 0.2) is 23.4 Å². The van der Waals surface area contributed by atoms with Gasteiger partial charge in [-0.1, -0.05) is 11.6 Å². The van der Waals surface area contributed by atoms with Crippen molar-refractivity contribution in [2.75, 3.05) is 19.6 Å². The van der Waals surface area contributed by atoms with E-state index in [1.807, 2.05) is 0 Å². The van der Waals surface area contributed by atoms with Crippen LogP contribution in [-0.4, -0.2) is 54.2 Å². The fraction of sp³-hybridized carbons (Fsp3) is 0.500. The lowest BCUT2D eigenvalue weighted by molar-refractivity contribution is -0.130. The summed E-state index contributed by atoms with van der Waals surface area (Å²) >= 11 is 5.95. The summed E-state index contributed by atoms with van der Waals surface area (Å²) in [6.07, 6.45) is 3.94. The van der Waals surface area contributed by atoms with Crippen molar-refractivity contribution in [3.63, 3.8) is 0 Å². The van der Waals surface area contributed by atoms with Crippen LogP contribution in [0.25, 0.3) is 0 Å². The van der Waals surface area contributed by atoms with Crippen molar-refractivity contribution in [2.45, 2.75) is 23.8 Å². The SMILES string of the molecule is O=C1CCC2CN(S(=O)(=O)c3cnccc3Cl)CCN12. The van der Waals surface area contributed by atoms with E-state index in [9.17, 15) is 13.2 Å². The Labute approximate surface area is 122 Å². The fourth-order valence-corrected chi connectivity index (χ4v) is 4.62. The number of carbonyl (C=O) groups is 1. The first-order chi connectivity index (χ1) is 9.50. The second-order valence-corrected chi connectivity index (χ2v) is 7.26. The molecule has 0 N–H and O–H groups in total. The number of piperazine rings is 1. The van der Waals surface area contributed by atoms with E-state index in [4.69, 9.17) is 11.6 Å². The second kappa shape index (κ2) is 4.98. The Balaban J connectivity index is 1.87. The van der Waals surface area contributed by atoms with Crippen molar-refractivity contribution < 1.29 is 13.2 Å². The maximum absolute atomic E-state index is 12.6. The van der Waals surface area contributed by atoms with E-state index in [0.29, 0.717) is 32.5 Å². The van der Waals surface area contributed by atoms with Gasteiger partial charge < -0.3 is 4.90 Å². The summed E-state index contributed by atoms with van der Waals surface area (Å²) in [5, 5.41) is 0.171. The predicted octanol–water partition coefficient (Wildman–Crippen LogP) is 0.730. The lowest BCUT2D eigenvalue weighted by Crippen LogP contribution is -2.53. The largest absolute Gasteiger partial charge is 0.337 e. The molecule has 0 bridgehead atoms. The van der Waals surface area contributed by atoms with E-state index in [-0.39, 0.29) is 21.9 Å². The molecule has 3 heterocycles. The van der Waals surface area contributed by atoms with Crippen molar-refractivity contribution >= 4 is 27.5 Å². The van der Waals surface area contributed by atoms with Crippen LogP contribution in [0.3, 0.4) is 0 Å². The molecule has 2 aliphatic rings. The second-order valence-electron chi connectivity index (χ2n) is 4.95. The highest BCUT2D eigenvalue weighted by Gasteiger charge is 2.40. The summed E-state index contributed by atoms with van der Waals surface area (Å²) in [6.45, 7) is 1.08. The molecule has 8 heteroatoms. The summed E-state index contributed by atoms with van der Waals surface area (Å²) in [5.41, 5.74) is 0. The monoisotopic (exact) mass is 315 g/mol. The molecule has 0 aromatic carbocycles. The van der Waals surface area contributed by atoms with Gasteiger partial charge in [0, 0.05) is 44.5 Å². The highest BCUT2D eigenvalue weighted by molar-refractivity contribution is 7.89. The zero-order chi connectivity index (χ0) is 14.3. The van der Waals surface area contributed by atoms with Crippen molar-refractivity contribution in [2.24, 2.45) is 0 Å². The Morgan fingerprint density at radius 2 is 2.15 bits per heavy atom. The number of pyridine rings is 1. The number of fused-ring (bicyclic) bond motifs is 1. The minimum absolute atomic E-state index is 0.0125. The molecule has 0 saturated carbocycles. The molecule has 20 heavy (non-hydrogen) atoms. The summed E-state index contributed by atoms with van der Waals surface area (Å²) in [4.78, 5) is 17.2. The number of hydrogen-bond acceptors (Lipinski definition) is 4. The molecular weight excluding hydrogens is 302 g/mol. The zero-order valence-electron chi connectivity index (χ0n) is 10.7. The number of nitrogens with zero attached hydrogens (tertiary/aromatic N) is 3. The highest BCUT2D eigenvalue weighted by Crippen LogP contribution is 2.28. The van der Waals surface area contributed by atoms with E-state index in [2.05, 4.69) is 4.98 Å². The van der Waals surface area contributed by atoms with Gasteiger partial charge in [-0.25, -0.2) is 8.42 Å². The molecule has 6 nitrogen and oxygen atoms in total. The van der Waals surface area contributed by atoms with Gasteiger partial charge in [0.15, 0.2) is 0 Å². The van der Waals surface area contributed by atoms with Crippen LogP contribution >= 0.6 is 11.6 Å². The van der Waals surface area contributed by atoms with Gasteiger partial charge in [-0.05, 0) is 12.5 Å². The average molecular weight is 316 g/mol. The highest BCUT2D eigenvalue weighted by atomic mass is 35.5. The molecule has 1 aromatic rings. The molecule has 3 rings (SSSR count). The van der Waals surface area contributed by atoms with Crippen LogP contribution in [0, 0.1) is 0 Å². The van der Waals surface area contributed by atoms with Crippen LogP contribution in [-0.2, 0) is 14.8 Å². The molecule has 0 aliphatic carbocycles. The van der Waals surface area contributed by atoms with Crippen molar-refractivity contribution in [1.29, 1.82) is 0 Å². The smallest absolute Gasteiger partial charge is 0.246 e. The van der Waals surface area contributed by atoms with Crippen LogP contribution in [0.1, 0.15) is 12.8 Å². The van der Waals surface area contributed by atoms with Crippen LogP contribution in [0.5, 0.6) is 0 Å². The third kappa shape index (κ3) is 2.19. The Morgan fingerprint density at radius 1 is 1.35 bits per heavy atom. The quantitative estimate of drug-likeness (QED) is 0.806. The molecule has 2 aliphatic heterocycles.